The van der Waals surface area contributed by atoms with E-state index in [0.29, 0.717) is 0 Å². The van der Waals surface area contributed by atoms with Crippen LogP contribution in [0, 0.1) is 0 Å². The number of fused-ring (bicyclic) bond motifs is 1. The van der Waals surface area contributed by atoms with Gasteiger partial charge < -0.3 is 10.6 Å². The van der Waals surface area contributed by atoms with Gasteiger partial charge in [0.2, 0.25) is 0 Å². The van der Waals surface area contributed by atoms with Crippen LogP contribution in [0.3, 0.4) is 0 Å². The number of nitrogens with one attached hydrogen (secondary N) is 2. The fourth-order valence-corrected chi connectivity index (χ4v) is 4.73. The van der Waals surface area contributed by atoms with Gasteiger partial charge in [0.15, 0.2) is 0 Å². The van der Waals surface area contributed by atoms with Crippen LogP contribution in [-0.2, 0) is 5.54 Å². The van der Waals surface area contributed by atoms with Crippen molar-refractivity contribution >= 4 is 27.0 Å². The summed E-state index contributed by atoms with van der Waals surface area (Å²) in [5.41, 5.74) is 5.80. The van der Waals surface area contributed by atoms with Gasteiger partial charge in [0, 0.05) is 28.1 Å². The quantitative estimate of drug-likeness (QED) is 0.668. The summed E-state index contributed by atoms with van der Waals surface area (Å²) in [6.45, 7) is 12.3. The van der Waals surface area contributed by atoms with Gasteiger partial charge in [-0.05, 0) is 54.8 Å². The van der Waals surface area contributed by atoms with Crippen LogP contribution >= 0.6 is 11.3 Å². The van der Waals surface area contributed by atoms with Crippen LogP contribution in [0.4, 0.5) is 0 Å². The molecule has 1 heterocycles. The van der Waals surface area contributed by atoms with Crippen LogP contribution in [0.5, 0.6) is 0 Å². The molecule has 0 unspecified atom stereocenters. The smallest absolute Gasteiger partial charge is 0.0472 e. The summed E-state index contributed by atoms with van der Waals surface area (Å²) in [6.07, 6.45) is 8.41. The SMILES string of the molecule is C=C(C)NC(=C)C[C@](C)(NC)c1csc2c(C3=CC=CC3)cccc12. The van der Waals surface area contributed by atoms with Gasteiger partial charge in [-0.1, -0.05) is 49.6 Å². The summed E-state index contributed by atoms with van der Waals surface area (Å²) < 4.78 is 1.37. The number of hydrogen-bond donors (Lipinski definition) is 2. The Hall–Kier alpha value is -2.10. The minimum atomic E-state index is -0.182. The Morgan fingerprint density at radius 1 is 1.32 bits per heavy atom. The molecule has 1 aliphatic carbocycles. The molecule has 0 saturated carbocycles. The highest BCUT2D eigenvalue weighted by molar-refractivity contribution is 7.17. The zero-order chi connectivity index (χ0) is 18.0. The van der Waals surface area contributed by atoms with Crippen molar-refractivity contribution < 1.29 is 0 Å². The monoisotopic (exact) mass is 350 g/mol. The van der Waals surface area contributed by atoms with Crippen molar-refractivity contribution in [2.45, 2.75) is 32.2 Å². The van der Waals surface area contributed by atoms with E-state index in [9.17, 15) is 0 Å². The third kappa shape index (κ3) is 3.48. The molecule has 1 aromatic heterocycles. The number of hydrogen-bond acceptors (Lipinski definition) is 3. The van der Waals surface area contributed by atoms with Crippen molar-refractivity contribution in [3.63, 3.8) is 0 Å². The highest BCUT2D eigenvalue weighted by atomic mass is 32.1. The first-order chi connectivity index (χ1) is 11.9. The first-order valence-electron chi connectivity index (χ1n) is 8.60. The highest BCUT2D eigenvalue weighted by Crippen LogP contribution is 2.40. The molecule has 25 heavy (non-hydrogen) atoms. The Kier molecular flexibility index (Phi) is 4.98. The summed E-state index contributed by atoms with van der Waals surface area (Å²) >= 11 is 1.83. The maximum absolute atomic E-state index is 4.17. The van der Waals surface area contributed by atoms with Crippen LogP contribution < -0.4 is 10.6 Å². The Bertz CT molecular complexity index is 885. The summed E-state index contributed by atoms with van der Waals surface area (Å²) in [7, 11) is 2.02. The van der Waals surface area contributed by atoms with E-state index in [1.165, 1.54) is 26.8 Å². The van der Waals surface area contributed by atoms with Crippen molar-refractivity contribution in [3.05, 3.63) is 77.5 Å². The molecule has 0 fully saturated rings. The lowest BCUT2D eigenvalue weighted by Crippen LogP contribution is -2.38. The van der Waals surface area contributed by atoms with Crippen molar-refractivity contribution in [3.8, 4) is 0 Å². The van der Waals surface area contributed by atoms with Gasteiger partial charge in [-0.3, -0.25) is 0 Å². The van der Waals surface area contributed by atoms with Gasteiger partial charge >= 0.3 is 0 Å². The third-order valence-corrected chi connectivity index (χ3v) is 5.85. The normalized spacial score (nSPS) is 15.9. The molecular formula is C22H26N2S. The van der Waals surface area contributed by atoms with Crippen molar-refractivity contribution in [2.24, 2.45) is 0 Å². The highest BCUT2D eigenvalue weighted by Gasteiger charge is 2.29. The third-order valence-electron chi connectivity index (χ3n) is 4.82. The van der Waals surface area contributed by atoms with Gasteiger partial charge in [-0.15, -0.1) is 11.3 Å². The largest absolute Gasteiger partial charge is 0.363 e. The minimum absolute atomic E-state index is 0.182. The molecule has 2 N–H and O–H groups in total. The lowest BCUT2D eigenvalue weighted by atomic mass is 9.86. The molecule has 3 heteroatoms. The van der Waals surface area contributed by atoms with Crippen LogP contribution in [0.1, 0.15) is 37.8 Å². The molecule has 3 rings (SSSR count). The van der Waals surface area contributed by atoms with Gasteiger partial charge in [0.05, 0.1) is 0 Å². The molecule has 0 bridgehead atoms. The molecule has 0 aliphatic heterocycles. The van der Waals surface area contributed by atoms with E-state index in [0.717, 1.165) is 24.2 Å². The van der Waals surface area contributed by atoms with Gasteiger partial charge in [-0.25, -0.2) is 0 Å². The first-order valence-corrected chi connectivity index (χ1v) is 9.48. The minimum Gasteiger partial charge on any atom is -0.363 e. The number of benzene rings is 1. The number of allylic oxidation sites excluding steroid dienone is 5. The van der Waals surface area contributed by atoms with E-state index in [1.807, 2.05) is 25.3 Å². The van der Waals surface area contributed by atoms with E-state index in [1.54, 1.807) is 0 Å². The van der Waals surface area contributed by atoms with E-state index < -0.39 is 0 Å². The van der Waals surface area contributed by atoms with E-state index in [2.05, 4.69) is 72.5 Å². The molecule has 2 aromatic rings. The standard InChI is InChI=1S/C22H26N2S/c1-15(2)24-16(3)13-22(4,23-5)20-14-25-21-18(11-8-12-19(20)21)17-9-6-7-10-17/h6-9,11-12,14,23-24H,1,3,10,13H2,2,4-5H3/t22-/m0/s1. The predicted octanol–water partition coefficient (Wildman–Crippen LogP) is 5.71. The van der Waals surface area contributed by atoms with E-state index >= 15 is 0 Å². The predicted molar refractivity (Wildman–Crippen MR) is 112 cm³/mol. The van der Waals surface area contributed by atoms with Gasteiger partial charge in [-0.2, -0.15) is 0 Å². The Morgan fingerprint density at radius 2 is 2.12 bits per heavy atom. The summed E-state index contributed by atoms with van der Waals surface area (Å²) in [4.78, 5) is 0. The summed E-state index contributed by atoms with van der Waals surface area (Å²) in [5.74, 6) is 0. The summed E-state index contributed by atoms with van der Waals surface area (Å²) in [6, 6.07) is 6.64. The fraction of sp³-hybridized carbons (Fsp3) is 0.273. The lowest BCUT2D eigenvalue weighted by molar-refractivity contribution is 0.394. The molecule has 130 valence electrons. The Labute approximate surface area is 154 Å². The molecule has 0 spiro atoms. The topological polar surface area (TPSA) is 24.1 Å². The average Bonchev–Trinajstić information content (AvgIpc) is 3.23. The second kappa shape index (κ2) is 7.03. The molecule has 2 nitrogen and oxygen atoms in total. The molecule has 0 saturated heterocycles. The zero-order valence-corrected chi connectivity index (χ0v) is 16.1. The van der Waals surface area contributed by atoms with Crippen molar-refractivity contribution in [1.29, 1.82) is 0 Å². The summed E-state index contributed by atoms with van der Waals surface area (Å²) in [5, 5.41) is 10.4. The van der Waals surface area contributed by atoms with Crippen LogP contribution in [0.15, 0.2) is 66.4 Å². The van der Waals surface area contributed by atoms with Crippen LogP contribution in [0.2, 0.25) is 0 Å². The average molecular weight is 351 g/mol. The first kappa shape index (κ1) is 17.7. The molecule has 1 atom stereocenters. The van der Waals surface area contributed by atoms with Crippen LogP contribution in [-0.4, -0.2) is 7.05 Å². The Balaban J connectivity index is 2.01. The molecule has 1 aliphatic rings. The second-order valence-electron chi connectivity index (χ2n) is 6.92. The molecular weight excluding hydrogens is 324 g/mol. The molecule has 0 amide bonds. The number of rotatable bonds is 7. The maximum Gasteiger partial charge on any atom is 0.0472 e. The van der Waals surface area contributed by atoms with Crippen molar-refractivity contribution in [1.82, 2.24) is 10.6 Å². The second-order valence-corrected chi connectivity index (χ2v) is 7.80. The van der Waals surface area contributed by atoms with Crippen molar-refractivity contribution in [2.75, 3.05) is 7.05 Å². The van der Waals surface area contributed by atoms with E-state index in [4.69, 9.17) is 0 Å². The Morgan fingerprint density at radius 3 is 2.76 bits per heavy atom. The number of thiophene rings is 1. The molecule has 0 radical (unpaired) electrons. The van der Waals surface area contributed by atoms with Gasteiger partial charge in [0.25, 0.3) is 0 Å². The lowest BCUT2D eigenvalue weighted by Gasteiger charge is -2.31. The molecule has 1 aromatic carbocycles. The zero-order valence-electron chi connectivity index (χ0n) is 15.3. The van der Waals surface area contributed by atoms with Gasteiger partial charge in [0.1, 0.15) is 0 Å². The van der Waals surface area contributed by atoms with E-state index in [-0.39, 0.29) is 5.54 Å². The fourth-order valence-electron chi connectivity index (χ4n) is 3.48. The maximum atomic E-state index is 4.17. The van der Waals surface area contributed by atoms with Crippen LogP contribution in [0.25, 0.3) is 15.7 Å².